The number of alkyl halides is 2. The van der Waals surface area contributed by atoms with Crippen LogP contribution in [0, 0.1) is 11.3 Å². The van der Waals surface area contributed by atoms with Crippen LogP contribution in [-0.4, -0.2) is 18.5 Å². The van der Waals surface area contributed by atoms with Crippen molar-refractivity contribution in [2.45, 2.75) is 18.9 Å². The highest BCUT2D eigenvalue weighted by atomic mass is 35.5. The second kappa shape index (κ2) is 7.02. The molecule has 0 unspecified atom stereocenters. The summed E-state index contributed by atoms with van der Waals surface area (Å²) < 4.78 is 31.5. The lowest BCUT2D eigenvalue weighted by Crippen LogP contribution is -2.41. The molecule has 1 aromatic carbocycles. The van der Waals surface area contributed by atoms with E-state index < -0.39 is 17.9 Å². The van der Waals surface area contributed by atoms with E-state index >= 15 is 0 Å². The number of esters is 1. The molecule has 0 aromatic heterocycles. The molecular weight excluding hydrogens is 278 g/mol. The minimum absolute atomic E-state index is 0. The van der Waals surface area contributed by atoms with Crippen LogP contribution in [0.4, 0.5) is 8.78 Å². The van der Waals surface area contributed by atoms with Crippen molar-refractivity contribution in [3.05, 3.63) is 35.4 Å². The van der Waals surface area contributed by atoms with E-state index in [0.717, 1.165) is 0 Å². The largest absolute Gasteiger partial charge is 0.462 e. The second-order valence-corrected chi connectivity index (χ2v) is 3.56. The van der Waals surface area contributed by atoms with E-state index in [9.17, 15) is 13.6 Å². The molecule has 7 heteroatoms. The summed E-state index contributed by atoms with van der Waals surface area (Å²) in [6.45, 7) is 1.27. The van der Waals surface area contributed by atoms with E-state index in [0.29, 0.717) is 0 Å². The Morgan fingerprint density at radius 1 is 1.58 bits per heavy atom. The topological polar surface area (TPSA) is 76.1 Å². The predicted molar refractivity (Wildman–Crippen MR) is 66.9 cm³/mol. The van der Waals surface area contributed by atoms with Crippen molar-refractivity contribution >= 4 is 18.4 Å². The highest BCUT2D eigenvalue weighted by molar-refractivity contribution is 5.85. The van der Waals surface area contributed by atoms with Gasteiger partial charge in [-0.05, 0) is 24.6 Å². The molecule has 0 bridgehead atoms. The molecule has 1 aromatic rings. The van der Waals surface area contributed by atoms with E-state index in [1.165, 1.54) is 31.2 Å². The van der Waals surface area contributed by atoms with Gasteiger partial charge in [0.15, 0.2) is 0 Å². The first-order chi connectivity index (χ1) is 8.43. The zero-order valence-electron chi connectivity index (χ0n) is 10.1. The number of carbonyl (C=O) groups is 1. The number of hydrogen-bond donors (Lipinski definition) is 1. The Labute approximate surface area is 115 Å². The summed E-state index contributed by atoms with van der Waals surface area (Å²) in [6.07, 6.45) is 0. The van der Waals surface area contributed by atoms with Gasteiger partial charge >= 0.3 is 11.9 Å². The molecule has 19 heavy (non-hydrogen) atoms. The maximum absolute atomic E-state index is 13.6. The molecule has 2 N–H and O–H groups in total. The van der Waals surface area contributed by atoms with Crippen LogP contribution in [-0.2, 0) is 9.53 Å². The lowest BCUT2D eigenvalue weighted by atomic mass is 10.00. The Hall–Kier alpha value is -1.71. The zero-order valence-corrected chi connectivity index (χ0v) is 10.9. The fourth-order valence-corrected chi connectivity index (χ4v) is 1.37. The normalized spacial score (nSPS) is 11.9. The number of halogens is 3. The average molecular weight is 291 g/mol. The average Bonchev–Trinajstić information content (AvgIpc) is 2.38. The fourth-order valence-electron chi connectivity index (χ4n) is 1.37. The van der Waals surface area contributed by atoms with E-state index in [1.54, 1.807) is 0 Å². The van der Waals surface area contributed by atoms with Crippen molar-refractivity contribution in [2.75, 3.05) is 6.61 Å². The van der Waals surface area contributed by atoms with Crippen LogP contribution < -0.4 is 5.73 Å². The van der Waals surface area contributed by atoms with Gasteiger partial charge in [0.2, 0.25) is 0 Å². The Bertz CT molecular complexity index is 489. The number of hydrogen-bond acceptors (Lipinski definition) is 4. The van der Waals surface area contributed by atoms with Crippen molar-refractivity contribution in [1.29, 1.82) is 5.26 Å². The van der Waals surface area contributed by atoms with Gasteiger partial charge in [0.25, 0.3) is 0 Å². The molecule has 0 heterocycles. The number of benzene rings is 1. The highest BCUT2D eigenvalue weighted by Crippen LogP contribution is 2.30. The third kappa shape index (κ3) is 3.88. The van der Waals surface area contributed by atoms with Crippen molar-refractivity contribution < 1.29 is 18.3 Å². The fraction of sp³-hybridized carbons (Fsp3) is 0.333. The van der Waals surface area contributed by atoms with Gasteiger partial charge in [-0.1, -0.05) is 12.1 Å². The van der Waals surface area contributed by atoms with Gasteiger partial charge in [-0.25, -0.2) is 4.79 Å². The van der Waals surface area contributed by atoms with Gasteiger partial charge in [0, 0.05) is 0 Å². The van der Waals surface area contributed by atoms with Crippen molar-refractivity contribution in [3.8, 4) is 6.07 Å². The first-order valence-corrected chi connectivity index (χ1v) is 5.24. The van der Waals surface area contributed by atoms with Crippen LogP contribution in [0.2, 0.25) is 0 Å². The molecule has 0 spiro atoms. The van der Waals surface area contributed by atoms with Crippen molar-refractivity contribution in [2.24, 2.45) is 5.73 Å². The lowest BCUT2D eigenvalue weighted by molar-refractivity contribution is -0.174. The smallest absolute Gasteiger partial charge is 0.379 e. The lowest BCUT2D eigenvalue weighted by Gasteiger charge is -2.21. The van der Waals surface area contributed by atoms with Crippen LogP contribution in [0.15, 0.2) is 24.3 Å². The first-order valence-electron chi connectivity index (χ1n) is 5.24. The highest BCUT2D eigenvalue weighted by Gasteiger charge is 2.47. The molecular formula is C12H13ClF2N2O2. The van der Waals surface area contributed by atoms with E-state index in [1.807, 2.05) is 6.07 Å². The standard InChI is InChI=1S/C12H12F2N2O2.ClH/c1-2-18-11(17)12(13,14)10(16)9-5-3-4-8(6-9)7-15;/h3-6,10H,2,16H2,1H3;1H/t10-;/m0./s1. The molecule has 0 aliphatic heterocycles. The van der Waals surface area contributed by atoms with Gasteiger partial charge < -0.3 is 10.5 Å². The van der Waals surface area contributed by atoms with E-state index in [-0.39, 0.29) is 30.1 Å². The molecule has 0 saturated heterocycles. The van der Waals surface area contributed by atoms with Crippen molar-refractivity contribution in [1.82, 2.24) is 0 Å². The summed E-state index contributed by atoms with van der Waals surface area (Å²) >= 11 is 0. The maximum Gasteiger partial charge on any atom is 0.379 e. The summed E-state index contributed by atoms with van der Waals surface area (Å²) in [5.74, 6) is -5.50. The summed E-state index contributed by atoms with van der Waals surface area (Å²) in [7, 11) is 0. The molecule has 4 nitrogen and oxygen atoms in total. The van der Waals surface area contributed by atoms with Crippen LogP contribution >= 0.6 is 12.4 Å². The van der Waals surface area contributed by atoms with Crippen LogP contribution in [0.3, 0.4) is 0 Å². The van der Waals surface area contributed by atoms with Crippen molar-refractivity contribution in [3.63, 3.8) is 0 Å². The Balaban J connectivity index is 0.00000324. The minimum Gasteiger partial charge on any atom is -0.462 e. The summed E-state index contributed by atoms with van der Waals surface area (Å²) in [5, 5.41) is 8.67. The predicted octanol–water partition coefficient (Wildman–Crippen LogP) is 2.18. The molecule has 0 amide bonds. The molecule has 1 rings (SSSR count). The number of nitrogens with zero attached hydrogens (tertiary/aromatic N) is 1. The molecule has 0 aliphatic carbocycles. The van der Waals surface area contributed by atoms with Gasteiger partial charge in [0.1, 0.15) is 6.04 Å². The molecule has 0 saturated carbocycles. The quantitative estimate of drug-likeness (QED) is 0.862. The van der Waals surface area contributed by atoms with Gasteiger partial charge in [-0.2, -0.15) is 14.0 Å². The van der Waals surface area contributed by atoms with Gasteiger partial charge in [-0.3, -0.25) is 0 Å². The second-order valence-electron chi connectivity index (χ2n) is 3.56. The monoisotopic (exact) mass is 290 g/mol. The third-order valence-corrected chi connectivity index (χ3v) is 2.31. The van der Waals surface area contributed by atoms with E-state index in [2.05, 4.69) is 4.74 Å². The number of carbonyl (C=O) groups excluding carboxylic acids is 1. The molecule has 0 fully saturated rings. The Morgan fingerprint density at radius 3 is 2.74 bits per heavy atom. The van der Waals surface area contributed by atoms with Crippen LogP contribution in [0.5, 0.6) is 0 Å². The number of nitriles is 1. The Morgan fingerprint density at radius 2 is 2.21 bits per heavy atom. The maximum atomic E-state index is 13.6. The van der Waals surface area contributed by atoms with Gasteiger partial charge in [-0.15, -0.1) is 12.4 Å². The molecule has 0 radical (unpaired) electrons. The summed E-state index contributed by atoms with van der Waals surface area (Å²) in [6, 6.07) is 5.40. The molecule has 0 aliphatic rings. The van der Waals surface area contributed by atoms with Crippen LogP contribution in [0.25, 0.3) is 0 Å². The third-order valence-electron chi connectivity index (χ3n) is 2.31. The molecule has 1 atom stereocenters. The zero-order chi connectivity index (χ0) is 13.8. The number of rotatable bonds is 4. The Kier molecular flexibility index (Phi) is 6.39. The van der Waals surface area contributed by atoms with Gasteiger partial charge in [0.05, 0.1) is 18.2 Å². The molecule has 104 valence electrons. The van der Waals surface area contributed by atoms with E-state index in [4.69, 9.17) is 11.0 Å². The summed E-state index contributed by atoms with van der Waals surface area (Å²) in [4.78, 5) is 11.1. The first kappa shape index (κ1) is 17.3. The minimum atomic E-state index is -3.83. The SMILES string of the molecule is CCOC(=O)C(F)(F)[C@@H](N)c1cccc(C#N)c1.Cl. The number of nitrogens with two attached hydrogens (primary N) is 1. The number of ether oxygens (including phenoxy) is 1. The van der Waals surface area contributed by atoms with Crippen LogP contribution in [0.1, 0.15) is 24.1 Å². The summed E-state index contributed by atoms with van der Waals surface area (Å²) in [5.41, 5.74) is 5.57.